The molecule has 23 heavy (non-hydrogen) atoms. The minimum Gasteiger partial charge on any atom is -0.466 e. The number of carbonyl (C=O) groups excluding carboxylic acids is 1. The van der Waals surface area contributed by atoms with Gasteiger partial charge in [-0.15, -0.1) is 0 Å². The molecule has 1 unspecified atom stereocenters. The fourth-order valence-electron chi connectivity index (χ4n) is 3.67. The van der Waals surface area contributed by atoms with Crippen LogP contribution in [0.3, 0.4) is 0 Å². The Kier molecular flexibility index (Phi) is 3.31. The molecule has 118 valence electrons. The number of esters is 1. The molecule has 2 heterocycles. The number of hydrogen-bond donors (Lipinski definition) is 0. The first-order valence-corrected chi connectivity index (χ1v) is 7.63. The van der Waals surface area contributed by atoms with Crippen LogP contribution in [0.1, 0.15) is 23.5 Å². The van der Waals surface area contributed by atoms with Gasteiger partial charge in [-0.2, -0.15) is 0 Å². The zero-order valence-corrected chi connectivity index (χ0v) is 12.8. The van der Waals surface area contributed by atoms with Gasteiger partial charge in [0.15, 0.2) is 0 Å². The van der Waals surface area contributed by atoms with Gasteiger partial charge in [0.2, 0.25) is 0 Å². The van der Waals surface area contributed by atoms with Crippen molar-refractivity contribution >= 4 is 16.9 Å². The highest BCUT2D eigenvalue weighted by Gasteiger charge is 2.36. The van der Waals surface area contributed by atoms with Gasteiger partial charge in [0, 0.05) is 28.9 Å². The number of ether oxygens (including phenoxy) is 2. The first-order valence-electron chi connectivity index (χ1n) is 7.63. The molecule has 1 aliphatic carbocycles. The Hall–Kier alpha value is -2.40. The molecule has 0 saturated carbocycles. The summed E-state index contributed by atoms with van der Waals surface area (Å²) in [6.07, 6.45) is 0.949. The molecule has 0 radical (unpaired) electrons. The topological polar surface area (TPSA) is 65.7 Å². The van der Waals surface area contributed by atoms with Crippen LogP contribution in [0.5, 0.6) is 0 Å². The molecule has 0 spiro atoms. The van der Waals surface area contributed by atoms with E-state index in [1.54, 1.807) is 6.07 Å². The zero-order valence-electron chi connectivity index (χ0n) is 12.8. The average molecular weight is 312 g/mol. The number of para-hydroxylation sites is 1. The van der Waals surface area contributed by atoms with Gasteiger partial charge in [0.1, 0.15) is 5.58 Å². The molecule has 4 rings (SSSR count). The van der Waals surface area contributed by atoms with E-state index in [1.165, 1.54) is 7.11 Å². The number of methoxy groups -OCH3 is 1. The van der Waals surface area contributed by atoms with E-state index >= 15 is 0 Å². The Morgan fingerprint density at radius 2 is 2.13 bits per heavy atom. The number of fused-ring (bicyclic) bond motifs is 5. The normalized spacial score (nSPS) is 20.1. The van der Waals surface area contributed by atoms with Gasteiger partial charge in [-0.25, -0.2) is 9.59 Å². The molecule has 0 bridgehead atoms. The van der Waals surface area contributed by atoms with E-state index in [0.717, 1.165) is 16.5 Å². The molecular formula is C18H16O5. The third-order valence-electron chi connectivity index (χ3n) is 4.69. The Labute approximate surface area is 132 Å². The summed E-state index contributed by atoms with van der Waals surface area (Å²) in [4.78, 5) is 24.6. The number of benzene rings is 1. The van der Waals surface area contributed by atoms with Gasteiger partial charge in [-0.05, 0) is 23.6 Å². The molecule has 1 aromatic carbocycles. The SMILES string of the molecule is COC(=O)C1=C2CCOCC2c2c(c(=O)oc3ccccc23)C1. The van der Waals surface area contributed by atoms with Crippen molar-refractivity contribution in [1.29, 1.82) is 0 Å². The molecule has 0 amide bonds. The average Bonchev–Trinajstić information content (AvgIpc) is 2.60. The van der Waals surface area contributed by atoms with Crippen LogP contribution in [0.2, 0.25) is 0 Å². The van der Waals surface area contributed by atoms with E-state index in [2.05, 4.69) is 0 Å². The van der Waals surface area contributed by atoms with Crippen molar-refractivity contribution in [1.82, 2.24) is 0 Å². The predicted octanol–water partition coefficient (Wildman–Crippen LogP) is 2.32. The molecule has 1 fully saturated rings. The minimum absolute atomic E-state index is 0.0874. The van der Waals surface area contributed by atoms with Gasteiger partial charge in [0.25, 0.3) is 0 Å². The lowest BCUT2D eigenvalue weighted by Gasteiger charge is -2.33. The van der Waals surface area contributed by atoms with Gasteiger partial charge >= 0.3 is 11.6 Å². The van der Waals surface area contributed by atoms with Crippen LogP contribution in [-0.2, 0) is 20.7 Å². The fraction of sp³-hybridized carbons (Fsp3) is 0.333. The second-order valence-electron chi connectivity index (χ2n) is 5.83. The van der Waals surface area contributed by atoms with Crippen molar-refractivity contribution in [2.75, 3.05) is 20.3 Å². The van der Waals surface area contributed by atoms with Crippen molar-refractivity contribution in [2.45, 2.75) is 18.8 Å². The predicted molar refractivity (Wildman–Crippen MR) is 83.4 cm³/mol. The van der Waals surface area contributed by atoms with Crippen LogP contribution in [-0.4, -0.2) is 26.3 Å². The van der Waals surface area contributed by atoms with Crippen molar-refractivity contribution in [2.24, 2.45) is 0 Å². The highest BCUT2D eigenvalue weighted by atomic mass is 16.5. The maximum absolute atomic E-state index is 12.4. The molecule has 1 saturated heterocycles. The maximum Gasteiger partial charge on any atom is 0.340 e. The van der Waals surface area contributed by atoms with E-state index in [9.17, 15) is 9.59 Å². The van der Waals surface area contributed by atoms with Gasteiger partial charge in [-0.1, -0.05) is 18.2 Å². The molecule has 1 aliphatic heterocycles. The van der Waals surface area contributed by atoms with Crippen LogP contribution >= 0.6 is 0 Å². The summed E-state index contributed by atoms with van der Waals surface area (Å²) in [5.74, 6) is -0.458. The number of carbonyl (C=O) groups is 1. The highest BCUT2D eigenvalue weighted by Crippen LogP contribution is 2.42. The smallest absolute Gasteiger partial charge is 0.340 e. The summed E-state index contributed by atoms with van der Waals surface area (Å²) in [6.45, 7) is 1.05. The third-order valence-corrected chi connectivity index (χ3v) is 4.69. The summed E-state index contributed by atoms with van der Waals surface area (Å²) < 4.78 is 16.0. The van der Waals surface area contributed by atoms with E-state index in [1.807, 2.05) is 18.2 Å². The second kappa shape index (κ2) is 5.35. The van der Waals surface area contributed by atoms with Crippen molar-refractivity contribution < 1.29 is 18.7 Å². The van der Waals surface area contributed by atoms with Crippen LogP contribution in [0.15, 0.2) is 44.6 Å². The summed E-state index contributed by atoms with van der Waals surface area (Å²) in [5, 5.41) is 0.916. The molecule has 5 nitrogen and oxygen atoms in total. The quantitative estimate of drug-likeness (QED) is 0.597. The summed E-state index contributed by atoms with van der Waals surface area (Å²) in [7, 11) is 1.36. The molecule has 1 aromatic heterocycles. The maximum atomic E-state index is 12.4. The van der Waals surface area contributed by atoms with Crippen LogP contribution in [0, 0.1) is 0 Å². The van der Waals surface area contributed by atoms with E-state index in [-0.39, 0.29) is 23.9 Å². The van der Waals surface area contributed by atoms with Gasteiger partial charge in [-0.3, -0.25) is 0 Å². The van der Waals surface area contributed by atoms with Crippen LogP contribution in [0.4, 0.5) is 0 Å². The van der Waals surface area contributed by atoms with Crippen LogP contribution < -0.4 is 5.63 Å². The van der Waals surface area contributed by atoms with Crippen molar-refractivity contribution in [3.63, 3.8) is 0 Å². The first kappa shape index (κ1) is 14.2. The van der Waals surface area contributed by atoms with Gasteiger partial charge in [0.05, 0.1) is 20.3 Å². The Morgan fingerprint density at radius 3 is 2.96 bits per heavy atom. The largest absolute Gasteiger partial charge is 0.466 e. The van der Waals surface area contributed by atoms with E-state index in [0.29, 0.717) is 36.4 Å². The van der Waals surface area contributed by atoms with E-state index in [4.69, 9.17) is 13.9 Å². The number of rotatable bonds is 1. The van der Waals surface area contributed by atoms with Gasteiger partial charge < -0.3 is 13.9 Å². The van der Waals surface area contributed by atoms with Crippen molar-refractivity contribution in [3.05, 3.63) is 57.0 Å². The first-order chi connectivity index (χ1) is 11.2. The second-order valence-corrected chi connectivity index (χ2v) is 5.83. The zero-order chi connectivity index (χ0) is 16.0. The Bertz CT molecular complexity index is 890. The highest BCUT2D eigenvalue weighted by molar-refractivity contribution is 5.92. The minimum atomic E-state index is -0.385. The fourth-order valence-corrected chi connectivity index (χ4v) is 3.67. The van der Waals surface area contributed by atoms with Crippen molar-refractivity contribution in [3.8, 4) is 0 Å². The molecule has 5 heteroatoms. The Morgan fingerprint density at radius 1 is 1.30 bits per heavy atom. The standard InChI is InChI=1S/C18H16O5/c1-21-17(19)12-8-13-16(14-9-22-7-6-10(12)14)11-4-2-3-5-15(11)23-18(13)20/h2-5,14H,6-9H2,1H3. The summed E-state index contributed by atoms with van der Waals surface area (Å²) in [5.41, 5.74) is 3.29. The molecule has 2 aliphatic rings. The lowest BCUT2D eigenvalue weighted by molar-refractivity contribution is -0.136. The summed E-state index contributed by atoms with van der Waals surface area (Å²) in [6, 6.07) is 7.51. The molecule has 0 N–H and O–H groups in total. The lowest BCUT2D eigenvalue weighted by atomic mass is 9.75. The monoisotopic (exact) mass is 312 g/mol. The molecule has 1 atom stereocenters. The summed E-state index contributed by atoms with van der Waals surface area (Å²) >= 11 is 0. The third kappa shape index (κ3) is 2.11. The number of hydrogen-bond acceptors (Lipinski definition) is 5. The molecular weight excluding hydrogens is 296 g/mol. The van der Waals surface area contributed by atoms with Crippen LogP contribution in [0.25, 0.3) is 11.0 Å². The molecule has 2 aromatic rings. The lowest BCUT2D eigenvalue weighted by Crippen LogP contribution is -2.31. The van der Waals surface area contributed by atoms with E-state index < -0.39 is 0 Å². The Balaban J connectivity index is 2.01.